The summed E-state index contributed by atoms with van der Waals surface area (Å²) in [6.07, 6.45) is -0.175. The van der Waals surface area contributed by atoms with Crippen LogP contribution in [-0.2, 0) is 6.18 Å². The van der Waals surface area contributed by atoms with Crippen molar-refractivity contribution in [3.8, 4) is 0 Å². The molecule has 1 aromatic carbocycles. The maximum absolute atomic E-state index is 12.2. The molecule has 2 radical (unpaired) electrons. The highest BCUT2D eigenvalue weighted by Gasteiger charge is 2.29. The largest absolute Gasteiger partial charge is 0.416 e. The Bertz CT molecular complexity index is 357. The Balaban J connectivity index is 2.90. The number of halogens is 3. The van der Waals surface area contributed by atoms with Gasteiger partial charge in [-0.1, -0.05) is 24.8 Å². The lowest BCUT2D eigenvalue weighted by Crippen LogP contribution is -2.04. The SMILES string of the molecule is C=C[C]C(=C)c1ccc(C(F)(F)F)cc1. The monoisotopic (exact) mass is 210 g/mol. The summed E-state index contributed by atoms with van der Waals surface area (Å²) < 4.78 is 36.6. The van der Waals surface area contributed by atoms with E-state index in [1.807, 2.05) is 0 Å². The van der Waals surface area contributed by atoms with Crippen LogP contribution in [0.3, 0.4) is 0 Å². The normalized spacial score (nSPS) is 11.1. The lowest BCUT2D eigenvalue weighted by atomic mass is 10.0. The fourth-order valence-corrected chi connectivity index (χ4v) is 1.07. The van der Waals surface area contributed by atoms with Crippen molar-refractivity contribution in [3.63, 3.8) is 0 Å². The third-order valence-electron chi connectivity index (χ3n) is 1.84. The van der Waals surface area contributed by atoms with E-state index in [-0.39, 0.29) is 0 Å². The van der Waals surface area contributed by atoms with Crippen LogP contribution in [-0.4, -0.2) is 0 Å². The topological polar surface area (TPSA) is 0 Å². The quantitative estimate of drug-likeness (QED) is 0.707. The maximum Gasteiger partial charge on any atom is 0.416 e. The van der Waals surface area contributed by atoms with E-state index in [1.165, 1.54) is 18.2 Å². The van der Waals surface area contributed by atoms with E-state index in [0.29, 0.717) is 11.1 Å². The molecule has 0 fully saturated rings. The summed E-state index contributed by atoms with van der Waals surface area (Å²) in [7, 11) is 0. The Hall–Kier alpha value is -1.51. The summed E-state index contributed by atoms with van der Waals surface area (Å²) in [5, 5.41) is 0. The van der Waals surface area contributed by atoms with Gasteiger partial charge in [-0.2, -0.15) is 13.2 Å². The Morgan fingerprint density at radius 3 is 2.13 bits per heavy atom. The molecule has 15 heavy (non-hydrogen) atoms. The van der Waals surface area contributed by atoms with Crippen LogP contribution in [0, 0.1) is 6.42 Å². The van der Waals surface area contributed by atoms with Gasteiger partial charge in [0.15, 0.2) is 0 Å². The lowest BCUT2D eigenvalue weighted by molar-refractivity contribution is -0.137. The van der Waals surface area contributed by atoms with Gasteiger partial charge in [-0.15, -0.1) is 6.58 Å². The second-order valence-corrected chi connectivity index (χ2v) is 2.90. The molecule has 0 aliphatic rings. The Morgan fingerprint density at radius 1 is 1.20 bits per heavy atom. The highest BCUT2D eigenvalue weighted by molar-refractivity contribution is 5.71. The maximum atomic E-state index is 12.2. The van der Waals surface area contributed by atoms with Crippen molar-refractivity contribution in [3.05, 3.63) is 61.0 Å². The van der Waals surface area contributed by atoms with Gasteiger partial charge in [0.05, 0.1) is 5.56 Å². The molecule has 0 nitrogen and oxygen atoms in total. The number of alkyl halides is 3. The van der Waals surface area contributed by atoms with Crippen LogP contribution in [0.4, 0.5) is 13.2 Å². The molecule has 1 rings (SSSR count). The molecule has 0 bridgehead atoms. The highest BCUT2D eigenvalue weighted by Crippen LogP contribution is 2.30. The molecule has 0 spiro atoms. The van der Waals surface area contributed by atoms with Crippen LogP contribution in [0.5, 0.6) is 0 Å². The fourth-order valence-electron chi connectivity index (χ4n) is 1.07. The Morgan fingerprint density at radius 2 is 1.73 bits per heavy atom. The molecule has 78 valence electrons. The molecule has 0 amide bonds. The number of rotatable bonds is 3. The number of hydrogen-bond donors (Lipinski definition) is 0. The van der Waals surface area contributed by atoms with Gasteiger partial charge in [-0.3, -0.25) is 0 Å². The second-order valence-electron chi connectivity index (χ2n) is 2.90. The van der Waals surface area contributed by atoms with Gasteiger partial charge >= 0.3 is 6.18 Å². The van der Waals surface area contributed by atoms with E-state index in [0.717, 1.165) is 12.1 Å². The van der Waals surface area contributed by atoms with E-state index >= 15 is 0 Å². The minimum Gasteiger partial charge on any atom is -0.166 e. The summed E-state index contributed by atoms with van der Waals surface area (Å²) in [4.78, 5) is 0. The lowest BCUT2D eigenvalue weighted by Gasteiger charge is -2.07. The molecular formula is C12H9F3. The molecule has 0 atom stereocenters. The summed E-state index contributed by atoms with van der Waals surface area (Å²) in [6.45, 7) is 7.07. The van der Waals surface area contributed by atoms with Crippen LogP contribution < -0.4 is 0 Å². The second kappa shape index (κ2) is 4.34. The first-order valence-corrected chi connectivity index (χ1v) is 4.19. The minimum atomic E-state index is -4.30. The summed E-state index contributed by atoms with van der Waals surface area (Å²) in [5.41, 5.74) is 0.444. The van der Waals surface area contributed by atoms with Crippen LogP contribution in [0.1, 0.15) is 11.1 Å². The smallest absolute Gasteiger partial charge is 0.166 e. The van der Waals surface area contributed by atoms with E-state index in [2.05, 4.69) is 19.6 Å². The van der Waals surface area contributed by atoms with Crippen molar-refractivity contribution in [1.82, 2.24) is 0 Å². The molecule has 0 aliphatic heterocycles. The molecule has 0 saturated heterocycles. The van der Waals surface area contributed by atoms with Crippen LogP contribution in [0.25, 0.3) is 5.57 Å². The molecule has 0 N–H and O–H groups in total. The first-order chi connectivity index (χ1) is 6.95. The van der Waals surface area contributed by atoms with Crippen molar-refractivity contribution in [2.24, 2.45) is 0 Å². The van der Waals surface area contributed by atoms with Gasteiger partial charge in [0.2, 0.25) is 0 Å². The Labute approximate surface area is 86.7 Å². The van der Waals surface area contributed by atoms with Gasteiger partial charge in [-0.25, -0.2) is 0 Å². The van der Waals surface area contributed by atoms with Crippen LogP contribution >= 0.6 is 0 Å². The molecule has 0 unspecified atom stereocenters. The molecule has 0 heterocycles. The summed E-state index contributed by atoms with van der Waals surface area (Å²) in [6, 6.07) is 4.76. The number of allylic oxidation sites excluding steroid dienone is 2. The molecule has 0 aliphatic carbocycles. The van der Waals surface area contributed by atoms with E-state index < -0.39 is 11.7 Å². The predicted molar refractivity (Wildman–Crippen MR) is 53.9 cm³/mol. The zero-order valence-corrected chi connectivity index (χ0v) is 7.93. The third-order valence-corrected chi connectivity index (χ3v) is 1.84. The first kappa shape index (κ1) is 11.6. The molecular weight excluding hydrogens is 201 g/mol. The van der Waals surface area contributed by atoms with Crippen molar-refractivity contribution < 1.29 is 13.2 Å². The van der Waals surface area contributed by atoms with Gasteiger partial charge in [0, 0.05) is 6.42 Å². The van der Waals surface area contributed by atoms with Gasteiger partial charge in [-0.05, 0) is 23.3 Å². The van der Waals surface area contributed by atoms with Gasteiger partial charge in [0.25, 0.3) is 0 Å². The van der Waals surface area contributed by atoms with E-state index in [9.17, 15) is 13.2 Å². The minimum absolute atomic E-state index is 0.513. The molecule has 0 saturated carbocycles. The highest BCUT2D eigenvalue weighted by atomic mass is 19.4. The van der Waals surface area contributed by atoms with Gasteiger partial charge in [0.1, 0.15) is 0 Å². The van der Waals surface area contributed by atoms with Crippen LogP contribution in [0.2, 0.25) is 0 Å². The van der Waals surface area contributed by atoms with Crippen molar-refractivity contribution >= 4 is 5.57 Å². The molecule has 0 aromatic heterocycles. The van der Waals surface area contributed by atoms with E-state index in [4.69, 9.17) is 0 Å². The van der Waals surface area contributed by atoms with Crippen molar-refractivity contribution in [2.75, 3.05) is 0 Å². The average Bonchev–Trinajstić information content (AvgIpc) is 2.17. The van der Waals surface area contributed by atoms with Crippen LogP contribution in [0.15, 0.2) is 43.5 Å². The number of benzene rings is 1. The zero-order valence-electron chi connectivity index (χ0n) is 7.93. The zero-order chi connectivity index (χ0) is 11.5. The Kier molecular flexibility index (Phi) is 3.35. The number of hydrogen-bond acceptors (Lipinski definition) is 0. The molecule has 1 aromatic rings. The average molecular weight is 210 g/mol. The molecule has 3 heteroatoms. The summed E-state index contributed by atoms with van der Waals surface area (Å²) in [5.74, 6) is 0. The fraction of sp³-hybridized carbons (Fsp3) is 0.0833. The van der Waals surface area contributed by atoms with E-state index in [1.54, 1.807) is 0 Å². The third kappa shape index (κ3) is 2.98. The first-order valence-electron chi connectivity index (χ1n) is 4.19. The predicted octanol–water partition coefficient (Wildman–Crippen LogP) is 3.99. The van der Waals surface area contributed by atoms with Gasteiger partial charge < -0.3 is 0 Å². The van der Waals surface area contributed by atoms with Crippen molar-refractivity contribution in [1.29, 1.82) is 0 Å². The standard InChI is InChI=1S/C12H9F3/c1-3-4-9(2)10-5-7-11(8-6-10)12(13,14)15/h3,5-8H,1-2H2. The van der Waals surface area contributed by atoms with Crippen molar-refractivity contribution in [2.45, 2.75) is 6.18 Å². The summed E-state index contributed by atoms with van der Waals surface area (Å²) >= 11 is 0.